The van der Waals surface area contributed by atoms with Crippen molar-refractivity contribution >= 4 is 40.3 Å². The standard InChI is InChI=1S/C16H14ClN3O3S/c1-9(21)18-16-19-20(10(2)22)15(24-16)14-8-7-13(23-14)11-3-5-12(17)6-4-11/h3-8,15H,1-2H3,(H,18,19,21). The maximum atomic E-state index is 11.8. The quantitative estimate of drug-likeness (QED) is 0.884. The third kappa shape index (κ3) is 3.47. The van der Waals surface area contributed by atoms with Gasteiger partial charge in [0.15, 0.2) is 10.5 Å². The molecule has 0 bridgehead atoms. The van der Waals surface area contributed by atoms with Gasteiger partial charge in [0.1, 0.15) is 11.5 Å². The Balaban J connectivity index is 1.85. The van der Waals surface area contributed by atoms with Crippen LogP contribution in [-0.4, -0.2) is 22.0 Å². The van der Waals surface area contributed by atoms with Crippen molar-refractivity contribution < 1.29 is 14.0 Å². The van der Waals surface area contributed by atoms with Gasteiger partial charge in [0.2, 0.25) is 11.8 Å². The summed E-state index contributed by atoms with van der Waals surface area (Å²) in [6, 6.07) is 10.9. The topological polar surface area (TPSA) is 74.9 Å². The molecule has 1 aliphatic heterocycles. The Morgan fingerprint density at radius 3 is 2.54 bits per heavy atom. The number of amidine groups is 1. The van der Waals surface area contributed by atoms with E-state index < -0.39 is 5.37 Å². The van der Waals surface area contributed by atoms with Crippen molar-refractivity contribution in [3.8, 4) is 11.3 Å². The molecule has 1 aliphatic rings. The van der Waals surface area contributed by atoms with Gasteiger partial charge >= 0.3 is 0 Å². The number of carbonyl (C=O) groups is 2. The molecule has 0 fully saturated rings. The molecule has 1 aromatic carbocycles. The van der Waals surface area contributed by atoms with Crippen molar-refractivity contribution in [3.63, 3.8) is 0 Å². The lowest BCUT2D eigenvalue weighted by atomic mass is 10.2. The number of rotatable bonds is 2. The minimum Gasteiger partial charge on any atom is -0.458 e. The molecule has 2 amide bonds. The van der Waals surface area contributed by atoms with Crippen molar-refractivity contribution in [1.82, 2.24) is 10.3 Å². The van der Waals surface area contributed by atoms with Crippen molar-refractivity contribution in [3.05, 3.63) is 47.2 Å². The highest BCUT2D eigenvalue weighted by molar-refractivity contribution is 8.14. The minimum absolute atomic E-state index is 0.239. The van der Waals surface area contributed by atoms with Gasteiger partial charge in [-0.05, 0) is 36.4 Å². The summed E-state index contributed by atoms with van der Waals surface area (Å²) in [6.07, 6.45) is 0. The molecule has 24 heavy (non-hydrogen) atoms. The van der Waals surface area contributed by atoms with Crippen LogP contribution < -0.4 is 5.32 Å². The molecule has 0 saturated carbocycles. The smallest absolute Gasteiger partial charge is 0.241 e. The van der Waals surface area contributed by atoms with Gasteiger partial charge in [0.25, 0.3) is 0 Å². The second kappa shape index (κ2) is 6.70. The molecule has 124 valence electrons. The first-order valence-electron chi connectivity index (χ1n) is 7.12. The molecule has 0 saturated heterocycles. The fourth-order valence-corrected chi connectivity index (χ4v) is 3.42. The van der Waals surface area contributed by atoms with Crippen LogP contribution in [0.2, 0.25) is 5.02 Å². The molecular formula is C16H14ClN3O3S. The van der Waals surface area contributed by atoms with E-state index >= 15 is 0 Å². The molecule has 2 heterocycles. The first-order valence-corrected chi connectivity index (χ1v) is 8.38. The molecule has 6 nitrogen and oxygen atoms in total. The van der Waals surface area contributed by atoms with Crippen molar-refractivity contribution in [2.75, 3.05) is 0 Å². The van der Waals surface area contributed by atoms with E-state index in [-0.39, 0.29) is 11.8 Å². The number of thioether (sulfide) groups is 1. The number of furan rings is 1. The molecule has 1 atom stereocenters. The van der Waals surface area contributed by atoms with Crippen molar-refractivity contribution in [2.45, 2.75) is 19.2 Å². The molecule has 2 aromatic rings. The van der Waals surface area contributed by atoms with Crippen LogP contribution in [0.4, 0.5) is 0 Å². The fourth-order valence-electron chi connectivity index (χ4n) is 2.20. The Morgan fingerprint density at radius 2 is 1.92 bits per heavy atom. The lowest BCUT2D eigenvalue weighted by molar-refractivity contribution is -0.129. The molecule has 3 rings (SSSR count). The molecule has 0 aliphatic carbocycles. The average molecular weight is 364 g/mol. The highest BCUT2D eigenvalue weighted by atomic mass is 35.5. The van der Waals surface area contributed by atoms with Crippen LogP contribution in [0.1, 0.15) is 25.0 Å². The Labute approximate surface area is 147 Å². The van der Waals surface area contributed by atoms with E-state index in [1.54, 1.807) is 18.2 Å². The van der Waals surface area contributed by atoms with Crippen LogP contribution in [-0.2, 0) is 9.59 Å². The zero-order chi connectivity index (χ0) is 17.3. The monoisotopic (exact) mass is 363 g/mol. The number of hydrazone groups is 1. The van der Waals surface area contributed by atoms with E-state index in [0.717, 1.165) is 5.56 Å². The lowest BCUT2D eigenvalue weighted by Gasteiger charge is -2.16. The Hall–Kier alpha value is -2.25. The Morgan fingerprint density at radius 1 is 1.21 bits per heavy atom. The van der Waals surface area contributed by atoms with Gasteiger partial charge in [0, 0.05) is 24.4 Å². The van der Waals surface area contributed by atoms with E-state index in [1.807, 2.05) is 18.2 Å². The Bertz CT molecular complexity index is 816. The van der Waals surface area contributed by atoms with E-state index in [1.165, 1.54) is 30.6 Å². The summed E-state index contributed by atoms with van der Waals surface area (Å²) in [4.78, 5) is 23.0. The lowest BCUT2D eigenvalue weighted by Crippen LogP contribution is -2.25. The number of nitrogens with one attached hydrogen (secondary N) is 1. The van der Waals surface area contributed by atoms with Crippen LogP contribution >= 0.6 is 23.4 Å². The van der Waals surface area contributed by atoms with E-state index in [9.17, 15) is 9.59 Å². The number of amides is 2. The van der Waals surface area contributed by atoms with Gasteiger partial charge in [0.05, 0.1) is 0 Å². The number of nitrogens with zero attached hydrogens (tertiary/aromatic N) is 2. The summed E-state index contributed by atoms with van der Waals surface area (Å²) < 4.78 is 5.88. The number of hydrogen-bond donors (Lipinski definition) is 1. The zero-order valence-electron chi connectivity index (χ0n) is 12.9. The largest absolute Gasteiger partial charge is 0.458 e. The van der Waals surface area contributed by atoms with E-state index in [2.05, 4.69) is 10.4 Å². The predicted octanol–water partition coefficient (Wildman–Crippen LogP) is 3.60. The molecule has 0 radical (unpaired) electrons. The highest BCUT2D eigenvalue weighted by Gasteiger charge is 2.34. The van der Waals surface area contributed by atoms with Crippen LogP contribution in [0.5, 0.6) is 0 Å². The maximum Gasteiger partial charge on any atom is 0.241 e. The number of halogens is 1. The summed E-state index contributed by atoms with van der Waals surface area (Å²) >= 11 is 7.14. The van der Waals surface area contributed by atoms with Gasteiger partial charge in [-0.1, -0.05) is 23.4 Å². The third-order valence-corrected chi connectivity index (χ3v) is 4.56. The minimum atomic E-state index is -0.453. The summed E-state index contributed by atoms with van der Waals surface area (Å²) in [5, 5.41) is 8.58. The number of benzene rings is 1. The van der Waals surface area contributed by atoms with Gasteiger partial charge in [-0.15, -0.1) is 5.10 Å². The fraction of sp³-hybridized carbons (Fsp3) is 0.188. The van der Waals surface area contributed by atoms with Crippen molar-refractivity contribution in [2.24, 2.45) is 5.10 Å². The van der Waals surface area contributed by atoms with Gasteiger partial charge in [-0.3, -0.25) is 9.59 Å². The van der Waals surface area contributed by atoms with Crippen LogP contribution in [0.25, 0.3) is 11.3 Å². The van der Waals surface area contributed by atoms with Crippen LogP contribution in [0.3, 0.4) is 0 Å². The summed E-state index contributed by atoms with van der Waals surface area (Å²) in [5.74, 6) is 0.756. The number of hydrogen-bond acceptors (Lipinski definition) is 5. The predicted molar refractivity (Wildman–Crippen MR) is 93.3 cm³/mol. The molecule has 1 N–H and O–H groups in total. The number of carbonyl (C=O) groups excluding carboxylic acids is 2. The Kier molecular flexibility index (Phi) is 4.64. The first-order chi connectivity index (χ1) is 11.4. The molecule has 8 heteroatoms. The zero-order valence-corrected chi connectivity index (χ0v) is 14.5. The SMILES string of the molecule is CC(=O)NC1=NN(C(C)=O)C(c2ccc(-c3ccc(Cl)cc3)o2)S1. The van der Waals surface area contributed by atoms with Crippen molar-refractivity contribution in [1.29, 1.82) is 0 Å². The van der Waals surface area contributed by atoms with E-state index in [0.29, 0.717) is 21.7 Å². The molecule has 0 spiro atoms. The molecular weight excluding hydrogens is 350 g/mol. The third-order valence-electron chi connectivity index (χ3n) is 3.25. The highest BCUT2D eigenvalue weighted by Crippen LogP contribution is 2.40. The average Bonchev–Trinajstić information content (AvgIpc) is 3.14. The summed E-state index contributed by atoms with van der Waals surface area (Å²) in [6.45, 7) is 2.80. The maximum absolute atomic E-state index is 11.8. The summed E-state index contributed by atoms with van der Waals surface area (Å²) in [7, 11) is 0. The second-order valence-electron chi connectivity index (χ2n) is 5.13. The first kappa shape index (κ1) is 16.6. The van der Waals surface area contributed by atoms with Crippen LogP contribution in [0, 0.1) is 0 Å². The van der Waals surface area contributed by atoms with Crippen LogP contribution in [0.15, 0.2) is 45.9 Å². The molecule has 1 aromatic heterocycles. The van der Waals surface area contributed by atoms with Gasteiger partial charge in [-0.25, -0.2) is 5.01 Å². The molecule has 1 unspecified atom stereocenters. The second-order valence-corrected chi connectivity index (χ2v) is 6.63. The normalized spacial score (nSPS) is 16.9. The van der Waals surface area contributed by atoms with E-state index in [4.69, 9.17) is 16.0 Å². The van der Waals surface area contributed by atoms with Gasteiger partial charge in [-0.2, -0.15) is 0 Å². The van der Waals surface area contributed by atoms with Gasteiger partial charge < -0.3 is 9.73 Å². The summed E-state index contributed by atoms with van der Waals surface area (Å²) in [5.41, 5.74) is 0.881.